The van der Waals surface area contributed by atoms with Crippen LogP contribution in [0.1, 0.15) is 0 Å². The second kappa shape index (κ2) is 14.9. The van der Waals surface area contributed by atoms with Crippen LogP contribution in [0.3, 0.4) is 0 Å². The van der Waals surface area contributed by atoms with Crippen LogP contribution in [0.25, 0.3) is 115 Å². The summed E-state index contributed by atoms with van der Waals surface area (Å²) in [7, 11) is 0. The van der Waals surface area contributed by atoms with E-state index in [0.29, 0.717) is 17.5 Å². The molecule has 0 radical (unpaired) electrons. The minimum atomic E-state index is 0.623. The first-order valence-electron chi connectivity index (χ1n) is 20.8. The zero-order valence-electron chi connectivity index (χ0n) is 33.5. The van der Waals surface area contributed by atoms with Crippen molar-refractivity contribution >= 4 is 53.3 Å². The lowest BCUT2D eigenvalue weighted by molar-refractivity contribution is 1.07. The van der Waals surface area contributed by atoms with E-state index >= 15 is 0 Å². The van der Waals surface area contributed by atoms with Crippen molar-refractivity contribution < 1.29 is 0 Å². The lowest BCUT2D eigenvalue weighted by Crippen LogP contribution is -2.00. The standard InChI is InChI=1S/C57H36N4S/c1-3-13-37(14-4-1)41-17-11-18-42(33-41)38-25-27-40(28-26-38)56-58-55(39-15-5-2-6-16-39)59-57(60-56)45-30-31-48-47-21-7-9-23-51(47)61(52(48)35-45)46-20-12-19-43(34-46)44-29-32-50-49-22-8-10-24-53(49)62-54(50)36-44/h1-36H. The summed E-state index contributed by atoms with van der Waals surface area (Å²) in [6.45, 7) is 0. The molecule has 3 heterocycles. The molecule has 290 valence electrons. The van der Waals surface area contributed by atoms with Crippen LogP contribution in [0.4, 0.5) is 0 Å². The van der Waals surface area contributed by atoms with Gasteiger partial charge in [0, 0.05) is 53.3 Å². The number of fused-ring (bicyclic) bond motifs is 6. The number of hydrogen-bond acceptors (Lipinski definition) is 4. The van der Waals surface area contributed by atoms with Crippen LogP contribution in [0.5, 0.6) is 0 Å². The molecule has 12 aromatic rings. The third kappa shape index (κ3) is 6.35. The minimum Gasteiger partial charge on any atom is -0.309 e. The third-order valence-electron chi connectivity index (χ3n) is 11.9. The number of hydrogen-bond donors (Lipinski definition) is 0. The van der Waals surface area contributed by atoms with Gasteiger partial charge in [-0.3, -0.25) is 0 Å². The molecule has 0 bridgehead atoms. The Balaban J connectivity index is 0.962. The Labute approximate surface area is 362 Å². The van der Waals surface area contributed by atoms with Crippen LogP contribution >= 0.6 is 11.3 Å². The molecule has 3 aromatic heterocycles. The Morgan fingerprint density at radius 2 is 0.742 bits per heavy atom. The highest BCUT2D eigenvalue weighted by atomic mass is 32.1. The fraction of sp³-hybridized carbons (Fsp3) is 0. The van der Waals surface area contributed by atoms with Crippen LogP contribution in [-0.4, -0.2) is 19.5 Å². The molecule has 9 aromatic carbocycles. The van der Waals surface area contributed by atoms with Crippen molar-refractivity contribution in [2.24, 2.45) is 0 Å². The Morgan fingerprint density at radius 1 is 0.274 bits per heavy atom. The van der Waals surface area contributed by atoms with Gasteiger partial charge in [0.05, 0.1) is 11.0 Å². The molecule has 62 heavy (non-hydrogen) atoms. The molecule has 5 heteroatoms. The molecule has 4 nitrogen and oxygen atoms in total. The number of nitrogens with zero attached hydrogens (tertiary/aromatic N) is 4. The maximum atomic E-state index is 5.18. The molecule has 0 unspecified atom stereocenters. The van der Waals surface area contributed by atoms with Gasteiger partial charge in [-0.05, 0) is 75.8 Å². The average molecular weight is 809 g/mol. The number of aromatic nitrogens is 4. The largest absolute Gasteiger partial charge is 0.309 e. The summed E-state index contributed by atoms with van der Waals surface area (Å²) in [5.41, 5.74) is 13.2. The summed E-state index contributed by atoms with van der Waals surface area (Å²) in [4.78, 5) is 15.4. The van der Waals surface area contributed by atoms with Crippen molar-refractivity contribution in [2.45, 2.75) is 0 Å². The molecule has 0 aliphatic carbocycles. The highest BCUT2D eigenvalue weighted by Crippen LogP contribution is 2.39. The summed E-state index contributed by atoms with van der Waals surface area (Å²) in [6, 6.07) is 77.6. The zero-order valence-corrected chi connectivity index (χ0v) is 34.3. The normalized spacial score (nSPS) is 11.5. The van der Waals surface area contributed by atoms with Gasteiger partial charge in [-0.15, -0.1) is 11.3 Å². The van der Waals surface area contributed by atoms with Gasteiger partial charge in [0.15, 0.2) is 17.5 Å². The smallest absolute Gasteiger partial charge is 0.164 e. The maximum Gasteiger partial charge on any atom is 0.164 e. The van der Waals surface area contributed by atoms with E-state index in [0.717, 1.165) is 44.5 Å². The Kier molecular flexibility index (Phi) is 8.65. The first-order valence-corrected chi connectivity index (χ1v) is 21.7. The van der Waals surface area contributed by atoms with Crippen molar-refractivity contribution in [1.29, 1.82) is 0 Å². The van der Waals surface area contributed by atoms with Crippen LogP contribution in [-0.2, 0) is 0 Å². The van der Waals surface area contributed by atoms with Crippen LogP contribution in [0.2, 0.25) is 0 Å². The third-order valence-corrected chi connectivity index (χ3v) is 13.0. The predicted molar refractivity (Wildman–Crippen MR) is 260 cm³/mol. The highest BCUT2D eigenvalue weighted by Gasteiger charge is 2.18. The van der Waals surface area contributed by atoms with E-state index < -0.39 is 0 Å². The van der Waals surface area contributed by atoms with Gasteiger partial charge in [-0.2, -0.15) is 0 Å². The van der Waals surface area contributed by atoms with Crippen LogP contribution in [0, 0.1) is 0 Å². The van der Waals surface area contributed by atoms with Crippen molar-refractivity contribution in [3.8, 4) is 73.2 Å². The predicted octanol–water partition coefficient (Wildman–Crippen LogP) is 15.3. The Hall–Kier alpha value is -7.99. The lowest BCUT2D eigenvalue weighted by atomic mass is 9.98. The monoisotopic (exact) mass is 808 g/mol. The zero-order chi connectivity index (χ0) is 41.0. The Morgan fingerprint density at radius 3 is 1.50 bits per heavy atom. The first kappa shape index (κ1) is 35.9. The average Bonchev–Trinajstić information content (AvgIpc) is 3.89. The lowest BCUT2D eigenvalue weighted by Gasteiger charge is -2.12. The number of para-hydroxylation sites is 1. The topological polar surface area (TPSA) is 43.6 Å². The number of rotatable bonds is 7. The molecule has 0 amide bonds. The van der Waals surface area contributed by atoms with Crippen molar-refractivity contribution in [3.63, 3.8) is 0 Å². The second-order valence-electron chi connectivity index (χ2n) is 15.6. The number of benzene rings is 9. The van der Waals surface area contributed by atoms with E-state index in [4.69, 9.17) is 15.0 Å². The van der Waals surface area contributed by atoms with Gasteiger partial charge in [0.1, 0.15) is 0 Å². The van der Waals surface area contributed by atoms with Crippen molar-refractivity contribution in [1.82, 2.24) is 19.5 Å². The summed E-state index contributed by atoms with van der Waals surface area (Å²) < 4.78 is 4.99. The van der Waals surface area contributed by atoms with Crippen molar-refractivity contribution in [3.05, 3.63) is 218 Å². The first-order chi connectivity index (χ1) is 30.7. The van der Waals surface area contributed by atoms with E-state index in [1.807, 2.05) is 29.5 Å². The number of thiophene rings is 1. The maximum absolute atomic E-state index is 5.18. The highest BCUT2D eigenvalue weighted by molar-refractivity contribution is 7.25. The van der Waals surface area contributed by atoms with E-state index in [2.05, 4.69) is 205 Å². The molecule has 0 aliphatic heterocycles. The van der Waals surface area contributed by atoms with Gasteiger partial charge < -0.3 is 4.57 Å². The molecule has 0 spiro atoms. The quantitative estimate of drug-likeness (QED) is 0.161. The summed E-state index contributed by atoms with van der Waals surface area (Å²) >= 11 is 1.85. The minimum absolute atomic E-state index is 0.623. The van der Waals surface area contributed by atoms with E-state index in [9.17, 15) is 0 Å². The van der Waals surface area contributed by atoms with Crippen LogP contribution < -0.4 is 0 Å². The van der Waals surface area contributed by atoms with E-state index in [-0.39, 0.29) is 0 Å². The molecule has 0 N–H and O–H groups in total. The molecule has 0 saturated heterocycles. The van der Waals surface area contributed by atoms with Gasteiger partial charge in [0.2, 0.25) is 0 Å². The molecular weight excluding hydrogens is 773 g/mol. The van der Waals surface area contributed by atoms with Crippen molar-refractivity contribution in [2.75, 3.05) is 0 Å². The summed E-state index contributed by atoms with van der Waals surface area (Å²) in [6.07, 6.45) is 0. The molecular formula is C57H36N4S. The van der Waals surface area contributed by atoms with E-state index in [1.165, 1.54) is 53.2 Å². The van der Waals surface area contributed by atoms with Crippen LogP contribution in [0.15, 0.2) is 218 Å². The fourth-order valence-electron chi connectivity index (χ4n) is 8.79. The summed E-state index contributed by atoms with van der Waals surface area (Å²) in [5.74, 6) is 1.88. The van der Waals surface area contributed by atoms with Gasteiger partial charge in [-0.1, -0.05) is 176 Å². The molecule has 0 fully saturated rings. The Bertz CT molecular complexity index is 3630. The van der Waals surface area contributed by atoms with Gasteiger partial charge >= 0.3 is 0 Å². The fourth-order valence-corrected chi connectivity index (χ4v) is 9.93. The molecule has 12 rings (SSSR count). The molecule has 0 atom stereocenters. The summed E-state index contributed by atoms with van der Waals surface area (Å²) in [5, 5.41) is 4.99. The van der Waals surface area contributed by atoms with Gasteiger partial charge in [0.25, 0.3) is 0 Å². The molecule has 0 aliphatic rings. The SMILES string of the molecule is c1ccc(-c2cccc(-c3ccc(-c4nc(-c5ccccc5)nc(-c5ccc6c7ccccc7n(-c7cccc(-c8ccc9c(c8)sc8ccccc89)c7)c6c5)n4)cc3)c2)cc1. The molecule has 0 saturated carbocycles. The van der Waals surface area contributed by atoms with E-state index in [1.54, 1.807) is 0 Å². The van der Waals surface area contributed by atoms with Gasteiger partial charge in [-0.25, -0.2) is 15.0 Å². The second-order valence-corrected chi connectivity index (χ2v) is 16.7.